The van der Waals surface area contributed by atoms with Crippen LogP contribution >= 0.6 is 0 Å². The van der Waals surface area contributed by atoms with E-state index < -0.39 is 40.8 Å². The van der Waals surface area contributed by atoms with Crippen molar-refractivity contribution in [2.24, 2.45) is 0 Å². The number of sulfonamides is 1. The van der Waals surface area contributed by atoms with E-state index in [1.807, 2.05) is 0 Å². The van der Waals surface area contributed by atoms with E-state index in [4.69, 9.17) is 4.74 Å². The molecule has 0 fully saturated rings. The monoisotopic (exact) mass is 445 g/mol. The number of hydrogen-bond acceptors (Lipinski definition) is 6. The third-order valence-electron chi connectivity index (χ3n) is 4.35. The van der Waals surface area contributed by atoms with E-state index in [1.165, 1.54) is 30.6 Å². The predicted octanol–water partition coefficient (Wildman–Crippen LogP) is 2.25. The average Bonchev–Trinajstić information content (AvgIpc) is 2.76. The summed E-state index contributed by atoms with van der Waals surface area (Å²) in [6.07, 6.45) is 3.00. The van der Waals surface area contributed by atoms with Crippen molar-refractivity contribution < 1.29 is 27.1 Å². The second-order valence-electron chi connectivity index (χ2n) is 6.42. The third-order valence-corrected chi connectivity index (χ3v) is 6.18. The van der Waals surface area contributed by atoms with E-state index in [9.17, 15) is 22.4 Å². The van der Waals surface area contributed by atoms with Gasteiger partial charge in [-0.3, -0.25) is 18.9 Å². The predicted molar refractivity (Wildman–Crippen MR) is 112 cm³/mol. The number of halogens is 1. The number of rotatable bonds is 8. The number of ether oxygens (including phenoxy) is 1. The molecule has 0 aliphatic rings. The molecule has 1 heterocycles. The van der Waals surface area contributed by atoms with Crippen molar-refractivity contribution in [2.75, 3.05) is 24.0 Å². The van der Waals surface area contributed by atoms with Crippen molar-refractivity contribution in [1.29, 1.82) is 0 Å². The first kappa shape index (κ1) is 22.2. The summed E-state index contributed by atoms with van der Waals surface area (Å²) in [5.74, 6) is -1.92. The first-order valence-corrected chi connectivity index (χ1v) is 10.8. The summed E-state index contributed by atoms with van der Waals surface area (Å²) in [7, 11) is -4.23. The van der Waals surface area contributed by atoms with E-state index in [1.54, 1.807) is 25.1 Å². The number of fused-ring (bicyclic) bond motifs is 1. The molecule has 31 heavy (non-hydrogen) atoms. The lowest BCUT2D eigenvalue weighted by atomic mass is 10.2. The number of nitrogens with zero attached hydrogens (tertiary/aromatic N) is 2. The zero-order valence-corrected chi connectivity index (χ0v) is 17.4. The summed E-state index contributed by atoms with van der Waals surface area (Å²) in [6, 6.07) is 11.0. The summed E-state index contributed by atoms with van der Waals surface area (Å²) in [5.41, 5.74) is 0.0961. The Morgan fingerprint density at radius 3 is 2.58 bits per heavy atom. The van der Waals surface area contributed by atoms with Crippen LogP contribution in [0.15, 0.2) is 65.8 Å². The lowest BCUT2D eigenvalue weighted by Crippen LogP contribution is -2.42. The van der Waals surface area contributed by atoms with Gasteiger partial charge in [0.25, 0.3) is 10.0 Å². The summed E-state index contributed by atoms with van der Waals surface area (Å²) < 4.78 is 46.1. The Hall–Kier alpha value is -3.53. The largest absolute Gasteiger partial charge is 0.465 e. The number of anilines is 1. The Kier molecular flexibility index (Phi) is 6.81. The molecule has 3 aromatic rings. The van der Waals surface area contributed by atoms with Crippen LogP contribution in [0.1, 0.15) is 6.92 Å². The van der Waals surface area contributed by atoms with E-state index in [2.05, 4.69) is 10.3 Å². The molecule has 0 bridgehead atoms. The van der Waals surface area contributed by atoms with Gasteiger partial charge in [0.15, 0.2) is 0 Å². The molecule has 0 aliphatic carbocycles. The molecule has 0 atom stereocenters. The summed E-state index contributed by atoms with van der Waals surface area (Å²) >= 11 is 0. The SMILES string of the molecule is CCOC(=O)CNC(=O)CN(c1ccc(F)cc1)S(=O)(=O)c1cccc2cnccc12. The number of amides is 1. The van der Waals surface area contributed by atoms with Gasteiger partial charge in [-0.15, -0.1) is 0 Å². The quantitative estimate of drug-likeness (QED) is 0.533. The van der Waals surface area contributed by atoms with Gasteiger partial charge in [0, 0.05) is 23.2 Å². The van der Waals surface area contributed by atoms with Crippen molar-refractivity contribution in [1.82, 2.24) is 10.3 Å². The summed E-state index contributed by atoms with van der Waals surface area (Å²) in [5, 5.41) is 3.37. The maximum atomic E-state index is 13.5. The molecule has 1 N–H and O–H groups in total. The van der Waals surface area contributed by atoms with Crippen LogP contribution in [0.4, 0.5) is 10.1 Å². The molecule has 0 aliphatic heterocycles. The van der Waals surface area contributed by atoms with Crippen LogP contribution in [0, 0.1) is 5.82 Å². The van der Waals surface area contributed by atoms with Crippen LogP contribution in [0.2, 0.25) is 0 Å². The second-order valence-corrected chi connectivity index (χ2v) is 8.25. The van der Waals surface area contributed by atoms with Crippen LogP contribution in [-0.2, 0) is 24.3 Å². The molecule has 10 heteroatoms. The van der Waals surface area contributed by atoms with Gasteiger partial charge in [-0.25, -0.2) is 12.8 Å². The van der Waals surface area contributed by atoms with Gasteiger partial charge in [-0.1, -0.05) is 12.1 Å². The van der Waals surface area contributed by atoms with E-state index in [0.29, 0.717) is 10.8 Å². The molecule has 0 saturated carbocycles. The van der Waals surface area contributed by atoms with Crippen molar-refractivity contribution in [3.63, 3.8) is 0 Å². The zero-order chi connectivity index (χ0) is 22.4. The topological polar surface area (TPSA) is 106 Å². The fraction of sp³-hybridized carbons (Fsp3) is 0.190. The van der Waals surface area contributed by atoms with Gasteiger partial charge < -0.3 is 10.1 Å². The maximum Gasteiger partial charge on any atom is 0.325 e. The van der Waals surface area contributed by atoms with Crippen LogP contribution < -0.4 is 9.62 Å². The van der Waals surface area contributed by atoms with Gasteiger partial charge in [0.1, 0.15) is 18.9 Å². The number of carbonyl (C=O) groups excluding carboxylic acids is 2. The molecule has 0 spiro atoms. The highest BCUT2D eigenvalue weighted by Crippen LogP contribution is 2.28. The zero-order valence-electron chi connectivity index (χ0n) is 16.6. The number of carbonyl (C=O) groups is 2. The lowest BCUT2D eigenvalue weighted by Gasteiger charge is -2.24. The molecule has 0 saturated heterocycles. The molecule has 3 rings (SSSR count). The molecule has 1 amide bonds. The first-order chi connectivity index (χ1) is 14.8. The Morgan fingerprint density at radius 2 is 1.87 bits per heavy atom. The van der Waals surface area contributed by atoms with Crippen molar-refractivity contribution in [2.45, 2.75) is 11.8 Å². The standard InChI is InChI=1S/C21H20FN3O5S/c1-2-30-21(27)13-24-20(26)14-25(17-8-6-16(22)7-9-17)31(28,29)19-5-3-4-15-12-23-11-10-18(15)19/h3-12H,2,13-14H2,1H3,(H,24,26). The molecule has 8 nitrogen and oxygen atoms in total. The minimum absolute atomic E-state index is 0.0325. The smallest absolute Gasteiger partial charge is 0.325 e. The minimum Gasteiger partial charge on any atom is -0.465 e. The first-order valence-electron chi connectivity index (χ1n) is 9.36. The van der Waals surface area contributed by atoms with E-state index in [-0.39, 0.29) is 17.2 Å². The number of pyridine rings is 1. The van der Waals surface area contributed by atoms with Crippen LogP contribution in [0.3, 0.4) is 0 Å². The van der Waals surface area contributed by atoms with Gasteiger partial charge in [0.2, 0.25) is 5.91 Å². The Morgan fingerprint density at radius 1 is 1.13 bits per heavy atom. The van der Waals surface area contributed by atoms with Crippen molar-refractivity contribution in [3.8, 4) is 0 Å². The van der Waals surface area contributed by atoms with Gasteiger partial charge in [-0.2, -0.15) is 0 Å². The fourth-order valence-corrected chi connectivity index (χ4v) is 4.57. The molecule has 2 aromatic carbocycles. The molecule has 162 valence electrons. The highest BCUT2D eigenvalue weighted by molar-refractivity contribution is 7.93. The molecule has 0 radical (unpaired) electrons. The van der Waals surface area contributed by atoms with Crippen molar-refractivity contribution in [3.05, 3.63) is 66.7 Å². The average molecular weight is 445 g/mol. The minimum atomic E-state index is -4.23. The maximum absolute atomic E-state index is 13.5. The van der Waals surface area contributed by atoms with Crippen LogP contribution in [0.25, 0.3) is 10.8 Å². The van der Waals surface area contributed by atoms with E-state index in [0.717, 1.165) is 16.4 Å². The Labute approximate surface area is 178 Å². The molecule has 1 aromatic heterocycles. The van der Waals surface area contributed by atoms with E-state index >= 15 is 0 Å². The number of aromatic nitrogens is 1. The molecular formula is C21H20FN3O5S. The van der Waals surface area contributed by atoms with Gasteiger partial charge in [0.05, 0.1) is 17.2 Å². The molecular weight excluding hydrogens is 425 g/mol. The normalized spacial score (nSPS) is 11.2. The highest BCUT2D eigenvalue weighted by Gasteiger charge is 2.29. The Bertz CT molecular complexity index is 1190. The number of benzene rings is 2. The third kappa shape index (κ3) is 5.15. The summed E-state index contributed by atoms with van der Waals surface area (Å²) in [6.45, 7) is 0.766. The van der Waals surface area contributed by atoms with Gasteiger partial charge >= 0.3 is 5.97 Å². The van der Waals surface area contributed by atoms with Crippen LogP contribution in [0.5, 0.6) is 0 Å². The lowest BCUT2D eigenvalue weighted by molar-refractivity contribution is -0.143. The fourth-order valence-electron chi connectivity index (χ4n) is 2.93. The molecule has 0 unspecified atom stereocenters. The summed E-state index contributed by atoms with van der Waals surface area (Å²) in [4.78, 5) is 27.9. The van der Waals surface area contributed by atoms with Crippen LogP contribution in [-0.4, -0.2) is 45.0 Å². The Balaban J connectivity index is 1.98. The number of hydrogen-bond donors (Lipinski definition) is 1. The number of nitrogens with one attached hydrogen (secondary N) is 1. The van der Waals surface area contributed by atoms with Gasteiger partial charge in [-0.05, 0) is 43.3 Å². The highest BCUT2D eigenvalue weighted by atomic mass is 32.2. The van der Waals surface area contributed by atoms with Crippen molar-refractivity contribution >= 4 is 38.4 Å². The second kappa shape index (κ2) is 9.52. The number of esters is 1.